The zero-order chi connectivity index (χ0) is 17.3. The normalized spacial score (nSPS) is 12.4. The summed E-state index contributed by atoms with van der Waals surface area (Å²) in [6.07, 6.45) is 0.272. The lowest BCUT2D eigenvalue weighted by Gasteiger charge is -2.13. The van der Waals surface area contributed by atoms with Gasteiger partial charge in [0.15, 0.2) is 0 Å². The van der Waals surface area contributed by atoms with Crippen LogP contribution < -0.4 is 20.1 Å². The monoisotopic (exact) mass is 346 g/mol. The van der Waals surface area contributed by atoms with Gasteiger partial charge >= 0.3 is 0 Å². The average Bonchev–Trinajstić information content (AvgIpc) is 2.94. The van der Waals surface area contributed by atoms with E-state index in [2.05, 4.69) is 10.6 Å². The van der Waals surface area contributed by atoms with Gasteiger partial charge in [0, 0.05) is 23.4 Å². The predicted molar refractivity (Wildman–Crippen MR) is 91.3 cm³/mol. The van der Waals surface area contributed by atoms with Crippen molar-refractivity contribution in [2.75, 3.05) is 24.9 Å². The summed E-state index contributed by atoms with van der Waals surface area (Å²) in [7, 11) is 2.98. The van der Waals surface area contributed by atoms with Crippen LogP contribution in [0.3, 0.4) is 0 Å². The first-order chi connectivity index (χ1) is 11.5. The molecule has 2 aromatic rings. The fraction of sp³-hybridized carbons (Fsp3) is 0.176. The Hall–Kier alpha value is -2.73. The highest BCUT2D eigenvalue weighted by Crippen LogP contribution is 2.36. The van der Waals surface area contributed by atoms with Crippen LogP contribution in [0.2, 0.25) is 5.02 Å². The summed E-state index contributed by atoms with van der Waals surface area (Å²) < 4.78 is 10.4. The van der Waals surface area contributed by atoms with E-state index in [0.29, 0.717) is 27.8 Å². The van der Waals surface area contributed by atoms with Gasteiger partial charge in [-0.1, -0.05) is 11.6 Å². The molecule has 6 nitrogen and oxygen atoms in total. The standard InChI is InChI=1S/C17H15ClN2O4/c1-23-14-8-13(15(24-2)7-11(14)18)20-17(22)9-3-4-12-10(5-9)6-16(21)19-12/h3-5,7-8H,6H2,1-2H3,(H,19,21)(H,20,22). The number of carbonyl (C=O) groups is 2. The highest BCUT2D eigenvalue weighted by Gasteiger charge is 2.20. The number of hydrogen-bond donors (Lipinski definition) is 2. The highest BCUT2D eigenvalue weighted by molar-refractivity contribution is 6.32. The van der Waals surface area contributed by atoms with E-state index < -0.39 is 0 Å². The molecule has 3 rings (SSSR count). The van der Waals surface area contributed by atoms with Crippen LogP contribution in [-0.2, 0) is 11.2 Å². The first-order valence-corrected chi connectivity index (χ1v) is 7.55. The van der Waals surface area contributed by atoms with Crippen LogP contribution in [0.15, 0.2) is 30.3 Å². The number of fused-ring (bicyclic) bond motifs is 1. The molecule has 1 aliphatic heterocycles. The topological polar surface area (TPSA) is 76.7 Å². The first kappa shape index (κ1) is 16.1. The van der Waals surface area contributed by atoms with Crippen LogP contribution in [0.1, 0.15) is 15.9 Å². The van der Waals surface area contributed by atoms with Gasteiger partial charge in [-0.3, -0.25) is 9.59 Å². The second-order valence-electron chi connectivity index (χ2n) is 5.24. The Labute approximate surface area is 143 Å². The number of rotatable bonds is 4. The largest absolute Gasteiger partial charge is 0.495 e. The van der Waals surface area contributed by atoms with Gasteiger partial charge in [-0.2, -0.15) is 0 Å². The summed E-state index contributed by atoms with van der Waals surface area (Å²) in [5, 5.41) is 5.89. The van der Waals surface area contributed by atoms with Crippen LogP contribution in [-0.4, -0.2) is 26.0 Å². The molecule has 0 saturated carbocycles. The zero-order valence-corrected chi connectivity index (χ0v) is 13.9. The molecule has 2 aromatic carbocycles. The summed E-state index contributed by atoms with van der Waals surface area (Å²) in [5.74, 6) is 0.454. The molecule has 0 bridgehead atoms. The molecule has 2 N–H and O–H groups in total. The van der Waals surface area contributed by atoms with Crippen molar-refractivity contribution in [2.45, 2.75) is 6.42 Å². The minimum atomic E-state index is -0.320. The van der Waals surface area contributed by atoms with Crippen molar-refractivity contribution in [1.29, 1.82) is 0 Å². The first-order valence-electron chi connectivity index (χ1n) is 7.17. The van der Waals surface area contributed by atoms with Gasteiger partial charge in [-0.25, -0.2) is 0 Å². The second kappa shape index (κ2) is 6.41. The Kier molecular flexibility index (Phi) is 4.31. The third-order valence-corrected chi connectivity index (χ3v) is 4.01. The van der Waals surface area contributed by atoms with Crippen LogP contribution in [0.5, 0.6) is 11.5 Å². The molecule has 0 saturated heterocycles. The maximum Gasteiger partial charge on any atom is 0.255 e. The zero-order valence-electron chi connectivity index (χ0n) is 13.1. The Morgan fingerprint density at radius 3 is 2.62 bits per heavy atom. The van der Waals surface area contributed by atoms with Crippen molar-refractivity contribution in [3.63, 3.8) is 0 Å². The van der Waals surface area contributed by atoms with Crippen LogP contribution >= 0.6 is 11.6 Å². The number of ether oxygens (including phenoxy) is 2. The summed E-state index contributed by atoms with van der Waals surface area (Å²) >= 11 is 6.05. The third-order valence-electron chi connectivity index (χ3n) is 3.71. The SMILES string of the molecule is COc1cc(NC(=O)c2ccc3c(c2)CC(=O)N3)c(OC)cc1Cl. The summed E-state index contributed by atoms with van der Waals surface area (Å²) in [6.45, 7) is 0. The molecule has 0 fully saturated rings. The van der Waals surface area contributed by atoms with E-state index in [1.165, 1.54) is 14.2 Å². The van der Waals surface area contributed by atoms with Crippen molar-refractivity contribution < 1.29 is 19.1 Å². The fourth-order valence-corrected chi connectivity index (χ4v) is 2.75. The molecule has 0 unspecified atom stereocenters. The Bertz CT molecular complexity index is 836. The Balaban J connectivity index is 1.88. The summed E-state index contributed by atoms with van der Waals surface area (Å²) in [6, 6.07) is 8.23. The lowest BCUT2D eigenvalue weighted by atomic mass is 10.1. The maximum atomic E-state index is 12.5. The molecule has 1 heterocycles. The molecule has 0 aromatic heterocycles. The molecule has 0 atom stereocenters. The number of amides is 2. The summed E-state index contributed by atoms with van der Waals surface area (Å²) in [4.78, 5) is 23.9. The quantitative estimate of drug-likeness (QED) is 0.891. The minimum Gasteiger partial charge on any atom is -0.495 e. The molecule has 0 spiro atoms. The van der Waals surface area contributed by atoms with Gasteiger partial charge in [-0.05, 0) is 23.8 Å². The van der Waals surface area contributed by atoms with Crippen LogP contribution in [0, 0.1) is 0 Å². The van der Waals surface area contributed by atoms with Crippen LogP contribution in [0.25, 0.3) is 0 Å². The smallest absolute Gasteiger partial charge is 0.255 e. The molecule has 24 heavy (non-hydrogen) atoms. The van der Waals surface area contributed by atoms with Gasteiger partial charge in [-0.15, -0.1) is 0 Å². The summed E-state index contributed by atoms with van der Waals surface area (Å²) in [5.41, 5.74) is 2.43. The fourth-order valence-electron chi connectivity index (χ4n) is 2.52. The molecular formula is C17H15ClN2O4. The van der Waals surface area contributed by atoms with Crippen molar-refractivity contribution in [1.82, 2.24) is 0 Å². The van der Waals surface area contributed by atoms with Gasteiger partial charge < -0.3 is 20.1 Å². The lowest BCUT2D eigenvalue weighted by Crippen LogP contribution is -2.13. The second-order valence-corrected chi connectivity index (χ2v) is 5.65. The molecule has 124 valence electrons. The highest BCUT2D eigenvalue weighted by atomic mass is 35.5. The predicted octanol–water partition coefficient (Wildman–Crippen LogP) is 3.10. The number of halogens is 1. The Morgan fingerprint density at radius 1 is 1.17 bits per heavy atom. The molecule has 2 amide bonds. The van der Waals surface area contributed by atoms with E-state index in [9.17, 15) is 9.59 Å². The van der Waals surface area contributed by atoms with E-state index in [1.54, 1.807) is 30.3 Å². The molecule has 0 aliphatic carbocycles. The van der Waals surface area contributed by atoms with Gasteiger partial charge in [0.2, 0.25) is 5.91 Å². The number of benzene rings is 2. The lowest BCUT2D eigenvalue weighted by molar-refractivity contribution is -0.115. The van der Waals surface area contributed by atoms with Gasteiger partial charge in [0.1, 0.15) is 11.5 Å². The van der Waals surface area contributed by atoms with Gasteiger partial charge in [0.05, 0.1) is 31.4 Å². The number of anilines is 2. The van der Waals surface area contributed by atoms with Crippen molar-refractivity contribution in [3.05, 3.63) is 46.5 Å². The maximum absolute atomic E-state index is 12.5. The molecular weight excluding hydrogens is 332 g/mol. The molecule has 1 aliphatic rings. The van der Waals surface area contributed by atoms with E-state index >= 15 is 0 Å². The van der Waals surface area contributed by atoms with E-state index in [-0.39, 0.29) is 18.2 Å². The number of carbonyl (C=O) groups excluding carboxylic acids is 2. The molecule has 0 radical (unpaired) electrons. The van der Waals surface area contributed by atoms with E-state index in [0.717, 1.165) is 11.3 Å². The number of hydrogen-bond acceptors (Lipinski definition) is 4. The van der Waals surface area contributed by atoms with Crippen molar-refractivity contribution in [2.24, 2.45) is 0 Å². The van der Waals surface area contributed by atoms with Crippen LogP contribution in [0.4, 0.5) is 11.4 Å². The van der Waals surface area contributed by atoms with Crippen molar-refractivity contribution in [3.8, 4) is 11.5 Å². The average molecular weight is 347 g/mol. The minimum absolute atomic E-state index is 0.0772. The third kappa shape index (κ3) is 3.00. The molecule has 7 heteroatoms. The van der Waals surface area contributed by atoms with E-state index in [4.69, 9.17) is 21.1 Å². The Morgan fingerprint density at radius 2 is 1.92 bits per heavy atom. The van der Waals surface area contributed by atoms with Gasteiger partial charge in [0.25, 0.3) is 5.91 Å². The van der Waals surface area contributed by atoms with E-state index in [1.807, 2.05) is 0 Å². The number of nitrogens with one attached hydrogen (secondary N) is 2. The van der Waals surface area contributed by atoms with Crippen molar-refractivity contribution >= 4 is 34.8 Å². The number of methoxy groups -OCH3 is 2.